The van der Waals surface area contributed by atoms with Crippen molar-refractivity contribution in [3.63, 3.8) is 0 Å². The summed E-state index contributed by atoms with van der Waals surface area (Å²) in [6, 6.07) is 0. The highest BCUT2D eigenvalue weighted by molar-refractivity contribution is 8.04. The highest BCUT2D eigenvalue weighted by Gasteiger charge is 2.57. The lowest BCUT2D eigenvalue weighted by Crippen LogP contribution is -2.60. The van der Waals surface area contributed by atoms with Crippen LogP contribution in [0.1, 0.15) is 6.92 Å². The Balaban J connectivity index is 2.13. The molecule has 2 amide bonds. The molecular formula is C14H21N3O5S. The molecule has 0 radical (unpaired) electrons. The van der Waals surface area contributed by atoms with Crippen LogP contribution in [0.3, 0.4) is 0 Å². The van der Waals surface area contributed by atoms with E-state index in [9.17, 15) is 24.6 Å². The molecular weight excluding hydrogens is 322 g/mol. The van der Waals surface area contributed by atoms with Gasteiger partial charge in [0.15, 0.2) is 0 Å². The second-order valence-electron chi connectivity index (χ2n) is 6.02. The Kier molecular flexibility index (Phi) is 5.02. The summed E-state index contributed by atoms with van der Waals surface area (Å²) in [6.45, 7) is 1.95. The van der Waals surface area contributed by atoms with Crippen molar-refractivity contribution in [1.29, 1.82) is 0 Å². The van der Waals surface area contributed by atoms with Gasteiger partial charge in [0.05, 0.1) is 18.6 Å². The van der Waals surface area contributed by atoms with Crippen molar-refractivity contribution >= 4 is 29.5 Å². The van der Waals surface area contributed by atoms with E-state index in [2.05, 4.69) is 0 Å². The molecule has 2 N–H and O–H groups in total. The van der Waals surface area contributed by atoms with Crippen LogP contribution in [0.15, 0.2) is 10.6 Å². The molecule has 0 spiro atoms. The van der Waals surface area contributed by atoms with Crippen molar-refractivity contribution in [2.24, 2.45) is 5.92 Å². The number of amides is 2. The summed E-state index contributed by atoms with van der Waals surface area (Å²) in [5, 5.41) is 18.7. The zero-order chi connectivity index (χ0) is 17.5. The van der Waals surface area contributed by atoms with Crippen molar-refractivity contribution in [3.8, 4) is 0 Å². The van der Waals surface area contributed by atoms with Gasteiger partial charge in [0.1, 0.15) is 11.1 Å². The molecule has 2 aliphatic rings. The number of β-lactam (4-membered cyclic amide) rings is 1. The van der Waals surface area contributed by atoms with Gasteiger partial charge in [-0.2, -0.15) is 0 Å². The summed E-state index contributed by atoms with van der Waals surface area (Å²) in [5.74, 6) is -2.20. The van der Waals surface area contributed by atoms with E-state index >= 15 is 0 Å². The van der Waals surface area contributed by atoms with Crippen molar-refractivity contribution in [2.75, 3.05) is 34.2 Å². The number of nitrogens with zero attached hydrogens (tertiary/aromatic N) is 3. The van der Waals surface area contributed by atoms with Crippen molar-refractivity contribution in [1.82, 2.24) is 14.7 Å². The molecule has 1 unspecified atom stereocenters. The molecule has 128 valence electrons. The number of aliphatic carboxylic acids is 1. The predicted molar refractivity (Wildman–Crippen MR) is 84.2 cm³/mol. The number of fused-ring (bicyclic) bond motifs is 1. The third kappa shape index (κ3) is 3.22. The molecule has 1 saturated heterocycles. The summed E-state index contributed by atoms with van der Waals surface area (Å²) in [4.78, 5) is 40.3. The molecule has 0 saturated carbocycles. The zero-order valence-electron chi connectivity index (χ0n) is 13.5. The fourth-order valence-electron chi connectivity index (χ4n) is 2.64. The fraction of sp³-hybridized carbons (Fsp3) is 0.643. The van der Waals surface area contributed by atoms with Crippen molar-refractivity contribution < 1.29 is 24.6 Å². The normalized spacial score (nSPS) is 24.6. The number of carboxylic acids is 1. The first-order chi connectivity index (χ1) is 10.6. The van der Waals surface area contributed by atoms with Gasteiger partial charge < -0.3 is 15.1 Å². The molecule has 0 aromatic carbocycles. The number of hydrogen-bond acceptors (Lipinski definition) is 6. The second-order valence-corrected chi connectivity index (χ2v) is 7.23. The third-order valence-electron chi connectivity index (χ3n) is 3.89. The Morgan fingerprint density at radius 3 is 2.43 bits per heavy atom. The van der Waals surface area contributed by atoms with Crippen LogP contribution in [0, 0.1) is 5.92 Å². The van der Waals surface area contributed by atoms with E-state index in [4.69, 9.17) is 0 Å². The van der Waals surface area contributed by atoms with Gasteiger partial charge in [0, 0.05) is 25.5 Å². The lowest BCUT2D eigenvalue weighted by Gasteiger charge is -2.43. The molecule has 2 heterocycles. The maximum Gasteiger partial charge on any atom is 0.353 e. The smallest absolute Gasteiger partial charge is 0.353 e. The predicted octanol–water partition coefficient (Wildman–Crippen LogP) is -0.785. The van der Waals surface area contributed by atoms with Crippen LogP contribution in [-0.2, 0) is 14.4 Å². The van der Waals surface area contributed by atoms with E-state index in [-0.39, 0.29) is 36.0 Å². The van der Waals surface area contributed by atoms with Gasteiger partial charge in [-0.05, 0) is 14.0 Å². The van der Waals surface area contributed by atoms with Crippen LogP contribution >= 0.6 is 11.8 Å². The fourth-order valence-corrected chi connectivity index (χ4v) is 4.33. The van der Waals surface area contributed by atoms with E-state index in [1.54, 1.807) is 26.0 Å². The lowest BCUT2D eigenvalue weighted by atomic mass is 9.92. The molecule has 23 heavy (non-hydrogen) atoms. The van der Waals surface area contributed by atoms with Crippen LogP contribution < -0.4 is 0 Å². The minimum absolute atomic E-state index is 0.0361. The highest BCUT2D eigenvalue weighted by Crippen LogP contribution is 2.50. The average molecular weight is 343 g/mol. The number of aliphatic hydroxyl groups excluding tert-OH is 1. The maximum atomic E-state index is 12.1. The first kappa shape index (κ1) is 17.8. The highest BCUT2D eigenvalue weighted by atomic mass is 32.2. The summed E-state index contributed by atoms with van der Waals surface area (Å²) >= 11 is 1.28. The SMILES string of the molecule is C[C@@H](O)[C@H]1C(=O)N2C(C(=O)O)=C(CN(C)CC(=O)N(C)C)SC12. The first-order valence-electron chi connectivity index (χ1n) is 7.18. The third-order valence-corrected chi connectivity index (χ3v) is 5.24. The Morgan fingerprint density at radius 1 is 1.35 bits per heavy atom. The molecule has 0 aliphatic carbocycles. The van der Waals surface area contributed by atoms with Crippen molar-refractivity contribution in [2.45, 2.75) is 18.4 Å². The Hall–Kier alpha value is -1.58. The topological polar surface area (TPSA) is 101 Å². The minimum atomic E-state index is -1.17. The van der Waals surface area contributed by atoms with E-state index in [0.717, 1.165) is 0 Å². The Labute approximate surface area is 138 Å². The molecule has 0 aromatic heterocycles. The van der Waals surface area contributed by atoms with Crippen LogP contribution in [0.25, 0.3) is 0 Å². The summed E-state index contributed by atoms with van der Waals surface area (Å²) in [5.41, 5.74) is -0.0361. The second kappa shape index (κ2) is 6.50. The average Bonchev–Trinajstić information content (AvgIpc) is 2.72. The van der Waals surface area contributed by atoms with Gasteiger partial charge in [0.25, 0.3) is 0 Å². The van der Waals surface area contributed by atoms with Gasteiger partial charge in [-0.1, -0.05) is 0 Å². The molecule has 2 aliphatic heterocycles. The summed E-state index contributed by atoms with van der Waals surface area (Å²) in [7, 11) is 5.03. The quantitative estimate of drug-likeness (QED) is 0.610. The number of carboxylic acid groups (broad SMARTS) is 1. The number of carbonyl (C=O) groups is 3. The number of rotatable bonds is 6. The molecule has 0 bridgehead atoms. The molecule has 9 heteroatoms. The molecule has 2 rings (SSSR count). The van der Waals surface area contributed by atoms with Gasteiger partial charge in [-0.15, -0.1) is 11.8 Å². The standard InChI is InChI=1S/C14H21N3O5S/c1-7(18)10-12(20)17-11(14(21)22)8(23-13(10)17)5-16(4)6-9(19)15(2)3/h7,10,13,18H,5-6H2,1-4H3,(H,21,22)/t7-,10+,13?/m1/s1. The van der Waals surface area contributed by atoms with Crippen LogP contribution in [0.4, 0.5) is 0 Å². The maximum absolute atomic E-state index is 12.1. The van der Waals surface area contributed by atoms with Crippen LogP contribution in [0.5, 0.6) is 0 Å². The summed E-state index contributed by atoms with van der Waals surface area (Å²) < 4.78 is 0. The van der Waals surface area contributed by atoms with Crippen molar-refractivity contribution in [3.05, 3.63) is 10.6 Å². The lowest BCUT2D eigenvalue weighted by molar-refractivity contribution is -0.156. The van der Waals surface area contributed by atoms with Gasteiger partial charge in [-0.3, -0.25) is 19.4 Å². The Morgan fingerprint density at radius 2 is 1.96 bits per heavy atom. The molecule has 8 nitrogen and oxygen atoms in total. The number of carbonyl (C=O) groups excluding carboxylic acids is 2. The first-order valence-corrected chi connectivity index (χ1v) is 8.06. The number of hydrogen-bond donors (Lipinski definition) is 2. The molecule has 0 aromatic rings. The summed E-state index contributed by atoms with van der Waals surface area (Å²) in [6.07, 6.45) is -0.821. The number of aliphatic hydroxyl groups is 1. The van der Waals surface area contributed by atoms with Gasteiger partial charge in [-0.25, -0.2) is 4.79 Å². The molecule has 3 atom stereocenters. The van der Waals surface area contributed by atoms with E-state index < -0.39 is 18.0 Å². The molecule has 1 fully saturated rings. The number of thioether (sulfide) groups is 1. The van der Waals surface area contributed by atoms with Crippen LogP contribution in [0.2, 0.25) is 0 Å². The largest absolute Gasteiger partial charge is 0.477 e. The minimum Gasteiger partial charge on any atom is -0.477 e. The monoisotopic (exact) mass is 343 g/mol. The Bertz CT molecular complexity index is 575. The zero-order valence-corrected chi connectivity index (χ0v) is 14.3. The van der Waals surface area contributed by atoms with E-state index in [0.29, 0.717) is 4.91 Å². The van der Waals surface area contributed by atoms with E-state index in [1.807, 2.05) is 0 Å². The van der Waals surface area contributed by atoms with Crippen LogP contribution in [-0.4, -0.2) is 88.4 Å². The van der Waals surface area contributed by atoms with Gasteiger partial charge >= 0.3 is 5.97 Å². The van der Waals surface area contributed by atoms with E-state index in [1.165, 1.54) is 28.5 Å². The number of likely N-dealkylation sites (N-methyl/N-ethyl adjacent to an activating group) is 2. The van der Waals surface area contributed by atoms with Gasteiger partial charge in [0.2, 0.25) is 11.8 Å².